The lowest BCUT2D eigenvalue weighted by Crippen LogP contribution is -2.17. The minimum Gasteiger partial charge on any atom is -0.469 e. The topological polar surface area (TPSA) is 29.5 Å². The molecule has 0 saturated carbocycles. The van der Waals surface area contributed by atoms with Gasteiger partial charge in [0.1, 0.15) is 0 Å². The second-order valence-electron chi connectivity index (χ2n) is 4.06. The lowest BCUT2D eigenvalue weighted by Gasteiger charge is -2.12. The average molecular weight is 284 g/mol. The van der Waals surface area contributed by atoms with E-state index in [4.69, 9.17) is 4.74 Å². The maximum absolute atomic E-state index is 11.3. The molecule has 1 aliphatic rings. The van der Waals surface area contributed by atoms with Crippen LogP contribution in [-0.2, 0) is 9.53 Å². The number of halogens is 1. The Morgan fingerprint density at radius 1 is 1.62 bits per heavy atom. The van der Waals surface area contributed by atoms with Crippen molar-refractivity contribution in [2.45, 2.75) is 12.3 Å². The molecular formula is C12H14BrNO2. The van der Waals surface area contributed by atoms with E-state index in [-0.39, 0.29) is 11.9 Å². The Kier molecular flexibility index (Phi) is 3.19. The summed E-state index contributed by atoms with van der Waals surface area (Å²) < 4.78 is 5.79. The van der Waals surface area contributed by atoms with Crippen LogP contribution < -0.4 is 4.90 Å². The van der Waals surface area contributed by atoms with Crippen molar-refractivity contribution < 1.29 is 9.53 Å². The molecule has 0 amide bonds. The lowest BCUT2D eigenvalue weighted by molar-refractivity contribution is -0.140. The number of carbonyl (C=O) groups excluding carboxylic acids is 1. The third kappa shape index (κ3) is 2.07. The molecule has 1 aromatic carbocycles. The van der Waals surface area contributed by atoms with E-state index in [0.717, 1.165) is 11.0 Å². The number of anilines is 1. The molecule has 0 aromatic heterocycles. The maximum atomic E-state index is 11.3. The smallest absolute Gasteiger partial charge is 0.306 e. The van der Waals surface area contributed by atoms with Crippen LogP contribution in [0.3, 0.4) is 0 Å². The molecule has 0 aliphatic carbocycles. The second kappa shape index (κ2) is 4.45. The quantitative estimate of drug-likeness (QED) is 0.782. The van der Waals surface area contributed by atoms with Gasteiger partial charge >= 0.3 is 5.97 Å². The first-order valence-corrected chi connectivity index (χ1v) is 5.98. The number of benzene rings is 1. The van der Waals surface area contributed by atoms with Gasteiger partial charge in [-0.25, -0.2) is 0 Å². The maximum Gasteiger partial charge on any atom is 0.306 e. The van der Waals surface area contributed by atoms with Crippen LogP contribution in [0.1, 0.15) is 17.9 Å². The Hall–Kier alpha value is -1.03. The van der Waals surface area contributed by atoms with Crippen LogP contribution in [-0.4, -0.2) is 26.7 Å². The number of fused-ring (bicyclic) bond motifs is 1. The van der Waals surface area contributed by atoms with Gasteiger partial charge in [-0.15, -0.1) is 0 Å². The number of carbonyl (C=O) groups is 1. The van der Waals surface area contributed by atoms with E-state index in [1.807, 2.05) is 13.1 Å². The summed E-state index contributed by atoms with van der Waals surface area (Å²) in [5.74, 6) is 0.106. The first kappa shape index (κ1) is 11.5. The number of likely N-dealkylation sites (N-methyl/N-ethyl adjacent to an activating group) is 1. The Morgan fingerprint density at radius 3 is 3.06 bits per heavy atom. The molecule has 86 valence electrons. The number of rotatable bonds is 2. The summed E-state index contributed by atoms with van der Waals surface area (Å²) in [6, 6.07) is 6.19. The molecule has 2 rings (SSSR count). The first-order chi connectivity index (χ1) is 7.61. The van der Waals surface area contributed by atoms with Gasteiger partial charge in [-0.2, -0.15) is 0 Å². The largest absolute Gasteiger partial charge is 0.469 e. The normalized spacial score (nSPS) is 18.4. The van der Waals surface area contributed by atoms with Crippen molar-refractivity contribution in [3.8, 4) is 0 Å². The zero-order chi connectivity index (χ0) is 11.7. The monoisotopic (exact) mass is 283 g/mol. The van der Waals surface area contributed by atoms with E-state index in [1.165, 1.54) is 18.4 Å². The molecule has 0 fully saturated rings. The Bertz CT molecular complexity index is 419. The van der Waals surface area contributed by atoms with E-state index in [9.17, 15) is 4.79 Å². The molecule has 1 heterocycles. The van der Waals surface area contributed by atoms with E-state index >= 15 is 0 Å². The highest BCUT2D eigenvalue weighted by molar-refractivity contribution is 9.10. The van der Waals surface area contributed by atoms with Crippen LogP contribution in [0.15, 0.2) is 22.7 Å². The molecule has 3 nitrogen and oxygen atoms in total. The fourth-order valence-corrected chi connectivity index (χ4v) is 2.53. The van der Waals surface area contributed by atoms with Gasteiger partial charge in [0.25, 0.3) is 0 Å². The van der Waals surface area contributed by atoms with E-state index < -0.39 is 0 Å². The molecule has 1 aromatic rings. The van der Waals surface area contributed by atoms with Gasteiger partial charge in [0, 0.05) is 29.7 Å². The molecule has 4 heteroatoms. The Morgan fingerprint density at radius 2 is 2.38 bits per heavy atom. The fourth-order valence-electron chi connectivity index (χ4n) is 2.18. The van der Waals surface area contributed by atoms with E-state index in [1.54, 1.807) is 0 Å². The predicted molar refractivity (Wildman–Crippen MR) is 66.8 cm³/mol. The fraction of sp³-hybridized carbons (Fsp3) is 0.417. The van der Waals surface area contributed by atoms with Crippen molar-refractivity contribution in [1.29, 1.82) is 0 Å². The summed E-state index contributed by atoms with van der Waals surface area (Å²) in [5, 5.41) is 0. The lowest BCUT2D eigenvalue weighted by atomic mass is 9.98. The number of hydrogen-bond acceptors (Lipinski definition) is 3. The summed E-state index contributed by atoms with van der Waals surface area (Å²) in [6.07, 6.45) is 0.454. The minimum absolute atomic E-state index is 0.144. The van der Waals surface area contributed by atoms with Gasteiger partial charge < -0.3 is 9.64 Å². The molecule has 0 N–H and O–H groups in total. The number of nitrogens with zero attached hydrogens (tertiary/aromatic N) is 1. The average Bonchev–Trinajstić information content (AvgIpc) is 2.55. The molecule has 16 heavy (non-hydrogen) atoms. The molecule has 0 radical (unpaired) electrons. The van der Waals surface area contributed by atoms with Crippen molar-refractivity contribution in [3.63, 3.8) is 0 Å². The highest BCUT2D eigenvalue weighted by atomic mass is 79.9. The molecule has 1 atom stereocenters. The number of methoxy groups -OCH3 is 1. The molecule has 0 saturated heterocycles. The molecule has 1 aliphatic heterocycles. The summed E-state index contributed by atoms with van der Waals surface area (Å²) in [6.45, 7) is 0.876. The third-order valence-electron chi connectivity index (χ3n) is 2.98. The standard InChI is InChI=1S/C12H14BrNO2/c1-14-7-8(5-12(15)16-2)10-4-3-9(13)6-11(10)14/h3-4,6,8H,5,7H2,1-2H3. The van der Waals surface area contributed by atoms with Gasteiger partial charge in [-0.3, -0.25) is 4.79 Å². The predicted octanol–water partition coefficient (Wildman–Crippen LogP) is 2.55. The van der Waals surface area contributed by atoms with E-state index in [0.29, 0.717) is 6.42 Å². The minimum atomic E-state index is -0.144. The molecule has 0 bridgehead atoms. The highest BCUT2D eigenvalue weighted by Crippen LogP contribution is 2.38. The van der Waals surface area contributed by atoms with Gasteiger partial charge in [0.15, 0.2) is 0 Å². The van der Waals surface area contributed by atoms with Crippen LogP contribution in [0, 0.1) is 0 Å². The van der Waals surface area contributed by atoms with Crippen LogP contribution in [0.5, 0.6) is 0 Å². The van der Waals surface area contributed by atoms with Crippen molar-refractivity contribution in [1.82, 2.24) is 0 Å². The van der Waals surface area contributed by atoms with Gasteiger partial charge in [0.2, 0.25) is 0 Å². The van der Waals surface area contributed by atoms with Gasteiger partial charge in [-0.1, -0.05) is 22.0 Å². The van der Waals surface area contributed by atoms with Crippen molar-refractivity contribution in [2.24, 2.45) is 0 Å². The third-order valence-corrected chi connectivity index (χ3v) is 3.47. The van der Waals surface area contributed by atoms with Gasteiger partial charge in [-0.05, 0) is 17.7 Å². The molecule has 0 spiro atoms. The Balaban J connectivity index is 2.25. The van der Waals surface area contributed by atoms with E-state index in [2.05, 4.69) is 33.0 Å². The molecular weight excluding hydrogens is 270 g/mol. The van der Waals surface area contributed by atoms with Crippen LogP contribution >= 0.6 is 15.9 Å². The van der Waals surface area contributed by atoms with Gasteiger partial charge in [0.05, 0.1) is 13.5 Å². The Labute approximate surface area is 104 Å². The van der Waals surface area contributed by atoms with Crippen LogP contribution in [0.25, 0.3) is 0 Å². The highest BCUT2D eigenvalue weighted by Gasteiger charge is 2.28. The zero-order valence-electron chi connectivity index (χ0n) is 9.37. The summed E-state index contributed by atoms with van der Waals surface area (Å²) >= 11 is 3.46. The summed E-state index contributed by atoms with van der Waals surface area (Å²) in [4.78, 5) is 13.5. The summed E-state index contributed by atoms with van der Waals surface area (Å²) in [5.41, 5.74) is 2.43. The van der Waals surface area contributed by atoms with Crippen molar-refractivity contribution in [2.75, 3.05) is 25.6 Å². The molecule has 1 unspecified atom stereocenters. The van der Waals surface area contributed by atoms with Crippen molar-refractivity contribution >= 4 is 27.6 Å². The number of esters is 1. The number of hydrogen-bond donors (Lipinski definition) is 0. The van der Waals surface area contributed by atoms with Crippen LogP contribution in [0.4, 0.5) is 5.69 Å². The van der Waals surface area contributed by atoms with Crippen molar-refractivity contribution in [3.05, 3.63) is 28.2 Å². The summed E-state index contributed by atoms with van der Waals surface area (Å²) in [7, 11) is 3.48. The zero-order valence-corrected chi connectivity index (χ0v) is 11.0. The SMILES string of the molecule is COC(=O)CC1CN(C)c2cc(Br)ccc21. The second-order valence-corrected chi connectivity index (χ2v) is 4.98. The van der Waals surface area contributed by atoms with Crippen LogP contribution in [0.2, 0.25) is 0 Å². The first-order valence-electron chi connectivity index (χ1n) is 5.19. The number of ether oxygens (including phenoxy) is 1.